The van der Waals surface area contributed by atoms with E-state index in [1.165, 1.54) is 0 Å². The Hall–Kier alpha value is -3.13. The second-order valence-electron chi connectivity index (χ2n) is 6.52. The number of hydrogen-bond acceptors (Lipinski definition) is 3. The average Bonchev–Trinajstić information content (AvgIpc) is 2.81. The van der Waals surface area contributed by atoms with Gasteiger partial charge in [0.1, 0.15) is 6.54 Å². The molecule has 0 N–H and O–H groups in total. The monoisotopic (exact) mass is 347 g/mol. The molecule has 0 bridgehead atoms. The number of rotatable bonds is 4. The lowest BCUT2D eigenvalue weighted by Gasteiger charge is -2.25. The minimum absolute atomic E-state index is 0.00456. The van der Waals surface area contributed by atoms with Crippen molar-refractivity contribution in [2.24, 2.45) is 0 Å². The van der Waals surface area contributed by atoms with Crippen molar-refractivity contribution in [3.63, 3.8) is 0 Å². The minimum Gasteiger partial charge on any atom is -0.340 e. The maximum Gasteiger partial charge on any atom is 0.242 e. The standard InChI is InChI=1S/C21H21N3O2/c1-23(14-17-11-9-16(13-22)10-12-17)21(26)15-24-19-7-3-2-5-18(19)6-4-8-20(24)25/h2-3,5,7,9-12H,4,6,8,14-15H2,1H3. The van der Waals surface area contributed by atoms with Crippen LogP contribution in [0.5, 0.6) is 0 Å². The first-order valence-electron chi connectivity index (χ1n) is 8.70. The Morgan fingerprint density at radius 2 is 1.88 bits per heavy atom. The van der Waals surface area contributed by atoms with Crippen LogP contribution in [0.15, 0.2) is 48.5 Å². The fourth-order valence-electron chi connectivity index (χ4n) is 3.16. The molecule has 0 aromatic heterocycles. The molecule has 2 amide bonds. The molecule has 1 aliphatic rings. The molecule has 2 aromatic rings. The van der Waals surface area contributed by atoms with Crippen molar-refractivity contribution in [3.05, 3.63) is 65.2 Å². The Morgan fingerprint density at radius 3 is 2.62 bits per heavy atom. The van der Waals surface area contributed by atoms with E-state index in [-0.39, 0.29) is 18.4 Å². The Labute approximate surface area is 153 Å². The Balaban J connectivity index is 1.71. The molecule has 26 heavy (non-hydrogen) atoms. The fraction of sp³-hybridized carbons (Fsp3) is 0.286. The Bertz CT molecular complexity index is 852. The molecule has 5 heteroatoms. The summed E-state index contributed by atoms with van der Waals surface area (Å²) in [6.45, 7) is 0.483. The summed E-state index contributed by atoms with van der Waals surface area (Å²) in [5, 5.41) is 8.86. The van der Waals surface area contributed by atoms with Crippen LogP contribution in [0.2, 0.25) is 0 Å². The molecule has 0 spiro atoms. The quantitative estimate of drug-likeness (QED) is 0.854. The first-order chi connectivity index (χ1) is 12.6. The van der Waals surface area contributed by atoms with Gasteiger partial charge in [-0.2, -0.15) is 5.26 Å². The average molecular weight is 347 g/mol. The minimum atomic E-state index is -0.112. The number of para-hydroxylation sites is 1. The van der Waals surface area contributed by atoms with Crippen LogP contribution in [-0.2, 0) is 22.6 Å². The van der Waals surface area contributed by atoms with Gasteiger partial charge in [0.25, 0.3) is 0 Å². The molecule has 0 fully saturated rings. The van der Waals surface area contributed by atoms with Crippen molar-refractivity contribution in [2.75, 3.05) is 18.5 Å². The van der Waals surface area contributed by atoms with E-state index in [0.29, 0.717) is 18.5 Å². The normalized spacial score (nSPS) is 13.5. The summed E-state index contributed by atoms with van der Waals surface area (Å²) >= 11 is 0. The summed E-state index contributed by atoms with van der Waals surface area (Å²) in [6.07, 6.45) is 2.12. The lowest BCUT2D eigenvalue weighted by atomic mass is 10.1. The van der Waals surface area contributed by atoms with Crippen LogP contribution in [0.1, 0.15) is 29.5 Å². The molecule has 1 heterocycles. The van der Waals surface area contributed by atoms with Crippen molar-refractivity contribution < 1.29 is 9.59 Å². The second kappa shape index (κ2) is 7.83. The highest BCUT2D eigenvalue weighted by Gasteiger charge is 2.25. The molecule has 3 rings (SSSR count). The van der Waals surface area contributed by atoms with Gasteiger partial charge in [-0.25, -0.2) is 0 Å². The zero-order valence-corrected chi connectivity index (χ0v) is 14.8. The number of likely N-dealkylation sites (N-methyl/N-ethyl adjacent to an activating group) is 1. The summed E-state index contributed by atoms with van der Waals surface area (Å²) in [7, 11) is 1.73. The van der Waals surface area contributed by atoms with Gasteiger partial charge in [-0.15, -0.1) is 0 Å². The predicted octanol–water partition coefficient (Wildman–Crippen LogP) is 2.89. The van der Waals surface area contributed by atoms with Crippen LogP contribution in [-0.4, -0.2) is 30.3 Å². The van der Waals surface area contributed by atoms with Gasteiger partial charge in [0.15, 0.2) is 0 Å². The molecular weight excluding hydrogens is 326 g/mol. The van der Waals surface area contributed by atoms with Gasteiger partial charge < -0.3 is 9.80 Å². The number of aryl methyl sites for hydroxylation is 1. The number of nitrogens with zero attached hydrogens (tertiary/aromatic N) is 3. The lowest BCUT2D eigenvalue weighted by Crippen LogP contribution is -2.41. The number of amides is 2. The third-order valence-corrected chi connectivity index (χ3v) is 4.64. The first-order valence-corrected chi connectivity index (χ1v) is 8.70. The number of anilines is 1. The molecule has 0 atom stereocenters. The lowest BCUT2D eigenvalue weighted by molar-refractivity contribution is -0.130. The van der Waals surface area contributed by atoms with Crippen LogP contribution >= 0.6 is 0 Å². The molecule has 0 saturated heterocycles. The van der Waals surface area contributed by atoms with Gasteiger partial charge in [0, 0.05) is 25.7 Å². The van der Waals surface area contributed by atoms with Crippen LogP contribution in [0.25, 0.3) is 0 Å². The molecule has 5 nitrogen and oxygen atoms in total. The number of benzene rings is 2. The van der Waals surface area contributed by atoms with E-state index in [1.807, 2.05) is 36.4 Å². The fourth-order valence-corrected chi connectivity index (χ4v) is 3.16. The highest BCUT2D eigenvalue weighted by atomic mass is 16.2. The van der Waals surface area contributed by atoms with Gasteiger partial charge in [-0.05, 0) is 42.2 Å². The third-order valence-electron chi connectivity index (χ3n) is 4.64. The summed E-state index contributed by atoms with van der Waals surface area (Å²) in [5.41, 5.74) is 3.49. The van der Waals surface area contributed by atoms with Crippen LogP contribution in [0.4, 0.5) is 5.69 Å². The van der Waals surface area contributed by atoms with E-state index in [9.17, 15) is 9.59 Å². The van der Waals surface area contributed by atoms with Gasteiger partial charge in [0.2, 0.25) is 11.8 Å². The first kappa shape index (κ1) is 17.7. The van der Waals surface area contributed by atoms with E-state index < -0.39 is 0 Å². The number of nitriles is 1. The smallest absolute Gasteiger partial charge is 0.242 e. The van der Waals surface area contributed by atoms with Gasteiger partial charge in [-0.3, -0.25) is 9.59 Å². The van der Waals surface area contributed by atoms with Crippen molar-refractivity contribution in [3.8, 4) is 6.07 Å². The van der Waals surface area contributed by atoms with Gasteiger partial charge in [-0.1, -0.05) is 30.3 Å². The molecule has 0 unspecified atom stereocenters. The highest BCUT2D eigenvalue weighted by molar-refractivity contribution is 5.99. The van der Waals surface area contributed by atoms with E-state index in [2.05, 4.69) is 6.07 Å². The molecule has 132 valence electrons. The molecule has 1 aliphatic heterocycles. The van der Waals surface area contributed by atoms with Crippen LogP contribution in [0.3, 0.4) is 0 Å². The SMILES string of the molecule is CN(Cc1ccc(C#N)cc1)C(=O)CN1C(=O)CCCc2ccccc21. The third kappa shape index (κ3) is 3.92. The van der Waals surface area contributed by atoms with Crippen molar-refractivity contribution in [1.82, 2.24) is 4.90 Å². The number of fused-ring (bicyclic) bond motifs is 1. The van der Waals surface area contributed by atoms with Crippen LogP contribution in [0, 0.1) is 11.3 Å². The van der Waals surface area contributed by atoms with Crippen LogP contribution < -0.4 is 4.90 Å². The zero-order chi connectivity index (χ0) is 18.5. The van der Waals surface area contributed by atoms with Gasteiger partial charge in [0.05, 0.1) is 11.6 Å². The maximum absolute atomic E-state index is 12.7. The maximum atomic E-state index is 12.7. The largest absolute Gasteiger partial charge is 0.340 e. The topological polar surface area (TPSA) is 64.4 Å². The molecule has 0 aliphatic carbocycles. The van der Waals surface area contributed by atoms with E-state index in [4.69, 9.17) is 5.26 Å². The summed E-state index contributed by atoms with van der Waals surface area (Å²) in [6, 6.07) is 17.0. The number of carbonyl (C=O) groups is 2. The molecule has 0 saturated carbocycles. The molecular formula is C21H21N3O2. The molecule has 0 radical (unpaired) electrons. The predicted molar refractivity (Wildman–Crippen MR) is 99.4 cm³/mol. The Morgan fingerprint density at radius 1 is 1.15 bits per heavy atom. The van der Waals surface area contributed by atoms with E-state index in [0.717, 1.165) is 29.7 Å². The Kier molecular flexibility index (Phi) is 5.33. The summed E-state index contributed by atoms with van der Waals surface area (Å²) in [5.74, 6) is -0.116. The van der Waals surface area contributed by atoms with Crippen molar-refractivity contribution in [2.45, 2.75) is 25.8 Å². The van der Waals surface area contributed by atoms with Crippen molar-refractivity contribution in [1.29, 1.82) is 5.26 Å². The highest BCUT2D eigenvalue weighted by Crippen LogP contribution is 2.26. The zero-order valence-electron chi connectivity index (χ0n) is 14.8. The summed E-state index contributed by atoms with van der Waals surface area (Å²) < 4.78 is 0. The number of hydrogen-bond donors (Lipinski definition) is 0. The van der Waals surface area contributed by atoms with E-state index >= 15 is 0 Å². The van der Waals surface area contributed by atoms with Crippen molar-refractivity contribution >= 4 is 17.5 Å². The summed E-state index contributed by atoms with van der Waals surface area (Å²) in [4.78, 5) is 28.4. The molecule has 2 aromatic carbocycles. The van der Waals surface area contributed by atoms with E-state index in [1.54, 1.807) is 29.0 Å². The van der Waals surface area contributed by atoms with Gasteiger partial charge >= 0.3 is 0 Å². The second-order valence-corrected chi connectivity index (χ2v) is 6.52. The number of carbonyl (C=O) groups excluding carboxylic acids is 2.